The van der Waals surface area contributed by atoms with Crippen LogP contribution in [0.15, 0.2) is 48.5 Å². The number of quaternary nitrogens is 1. The molecule has 0 aliphatic heterocycles. The minimum absolute atomic E-state index is 0. The summed E-state index contributed by atoms with van der Waals surface area (Å²) in [4.78, 5) is 0. The van der Waals surface area contributed by atoms with Crippen molar-refractivity contribution in [3.8, 4) is 0 Å². The van der Waals surface area contributed by atoms with Crippen LogP contribution >= 0.6 is 23.2 Å². The molecule has 2 aromatic rings. The number of hydrogen-bond donors (Lipinski definition) is 4. The topological polar surface area (TPSA) is 94.1 Å². The van der Waals surface area contributed by atoms with Gasteiger partial charge in [-0.15, -0.1) is 0 Å². The van der Waals surface area contributed by atoms with Gasteiger partial charge in [-0.1, -0.05) is 88.0 Å². The monoisotopic (exact) mass is 570 g/mol. The summed E-state index contributed by atoms with van der Waals surface area (Å²) >= 11 is 11.9. The second-order valence-corrected chi connectivity index (χ2v) is 12.5. The number of benzene rings is 2. The number of aliphatic hydroxyl groups is 2. The summed E-state index contributed by atoms with van der Waals surface area (Å²) in [6, 6.07) is 15.8. The van der Waals surface area contributed by atoms with Gasteiger partial charge in [-0.3, -0.25) is 0 Å². The SMILES string of the molecule is CC(C)[C@H](O)[C@H](N)C1(c2ccc(Cl)cc2)CCC1.CC(C)[C@H](O)[C@H]([NH3+])C1(c2ccc(Cl)cc2)CCC1.[Cl-]. The van der Waals surface area contributed by atoms with Crippen LogP contribution < -0.4 is 23.9 Å². The molecule has 0 amide bonds. The van der Waals surface area contributed by atoms with E-state index < -0.39 is 6.10 Å². The van der Waals surface area contributed by atoms with Crippen molar-refractivity contribution >= 4 is 23.2 Å². The first-order valence-electron chi connectivity index (χ1n) is 13.4. The zero-order chi connectivity index (χ0) is 26.7. The molecule has 4 atom stereocenters. The summed E-state index contributed by atoms with van der Waals surface area (Å²) in [6.45, 7) is 8.13. The lowest BCUT2D eigenvalue weighted by Gasteiger charge is -2.49. The number of nitrogens with two attached hydrogens (primary N) is 1. The van der Waals surface area contributed by atoms with Crippen LogP contribution in [0.25, 0.3) is 0 Å². The summed E-state index contributed by atoms with van der Waals surface area (Å²) in [7, 11) is 0. The third-order valence-corrected chi connectivity index (χ3v) is 9.33. The van der Waals surface area contributed by atoms with Gasteiger partial charge in [-0.25, -0.2) is 0 Å². The maximum Gasteiger partial charge on any atom is 0.121 e. The van der Waals surface area contributed by atoms with Crippen molar-refractivity contribution in [3.63, 3.8) is 0 Å². The van der Waals surface area contributed by atoms with Crippen molar-refractivity contribution in [1.29, 1.82) is 0 Å². The molecule has 0 unspecified atom stereocenters. The molecule has 0 spiro atoms. The van der Waals surface area contributed by atoms with E-state index in [1.807, 2.05) is 38.1 Å². The van der Waals surface area contributed by atoms with Crippen LogP contribution in [-0.2, 0) is 10.8 Å². The largest absolute Gasteiger partial charge is 1.00 e. The first-order chi connectivity index (χ1) is 16.9. The molecule has 2 fully saturated rings. The minimum atomic E-state index is -0.457. The third kappa shape index (κ3) is 6.84. The summed E-state index contributed by atoms with van der Waals surface area (Å²) in [5.74, 6) is 0.432. The average Bonchev–Trinajstić information content (AvgIpc) is 2.79. The van der Waals surface area contributed by atoms with E-state index in [4.69, 9.17) is 28.9 Å². The van der Waals surface area contributed by atoms with Crippen LogP contribution in [-0.4, -0.2) is 34.5 Å². The number of rotatable bonds is 8. The van der Waals surface area contributed by atoms with Crippen LogP contribution in [0.5, 0.6) is 0 Å². The Morgan fingerprint density at radius 1 is 0.703 bits per heavy atom. The van der Waals surface area contributed by atoms with Crippen molar-refractivity contribution in [1.82, 2.24) is 0 Å². The molecule has 0 radical (unpaired) electrons. The van der Waals surface area contributed by atoms with E-state index in [1.54, 1.807) is 0 Å². The van der Waals surface area contributed by atoms with Crippen molar-refractivity contribution in [2.24, 2.45) is 17.6 Å². The molecule has 0 bridgehead atoms. The molecule has 2 aromatic carbocycles. The fourth-order valence-corrected chi connectivity index (χ4v) is 6.15. The van der Waals surface area contributed by atoms with Gasteiger partial charge >= 0.3 is 0 Å². The van der Waals surface area contributed by atoms with Crippen LogP contribution in [0.1, 0.15) is 77.3 Å². The lowest BCUT2D eigenvalue weighted by Crippen LogP contribution is -3.00. The normalized spacial score (nSPS) is 20.9. The molecular weight excluding hydrogens is 527 g/mol. The van der Waals surface area contributed by atoms with Crippen LogP contribution in [0.3, 0.4) is 0 Å². The Morgan fingerprint density at radius 2 is 1.05 bits per heavy atom. The lowest BCUT2D eigenvalue weighted by atomic mass is 9.58. The standard InChI is InChI=1S/2C15H22ClNO.ClH/c2*1-10(2)13(18)14(17)15(8-3-9-15)11-4-6-12(16)7-5-11;/h2*4-7,10,13-14,18H,3,8-9,17H2,1-2H3;1H/t2*13-,14-;/m00./s1. The maximum atomic E-state index is 10.3. The molecule has 7 heteroatoms. The van der Waals surface area contributed by atoms with Crippen molar-refractivity contribution in [2.75, 3.05) is 0 Å². The highest BCUT2D eigenvalue weighted by Gasteiger charge is 2.50. The molecule has 0 heterocycles. The highest BCUT2D eigenvalue weighted by atomic mass is 35.5. The van der Waals surface area contributed by atoms with Gasteiger partial charge in [0.1, 0.15) is 12.1 Å². The van der Waals surface area contributed by atoms with E-state index in [2.05, 4.69) is 43.8 Å². The van der Waals surface area contributed by atoms with E-state index in [0.29, 0.717) is 0 Å². The molecule has 4 rings (SSSR count). The molecule has 208 valence electrons. The highest BCUT2D eigenvalue weighted by Crippen LogP contribution is 2.48. The zero-order valence-corrected chi connectivity index (χ0v) is 24.9. The Morgan fingerprint density at radius 3 is 1.35 bits per heavy atom. The molecule has 2 saturated carbocycles. The molecule has 2 aliphatic rings. The Kier molecular flexibility index (Phi) is 11.8. The second kappa shape index (κ2) is 13.5. The molecular formula is C30H45Cl3N2O2. The fourth-order valence-electron chi connectivity index (χ4n) is 5.90. The van der Waals surface area contributed by atoms with Gasteiger partial charge in [0.05, 0.1) is 6.10 Å². The highest BCUT2D eigenvalue weighted by molar-refractivity contribution is 6.30. The molecule has 2 aliphatic carbocycles. The number of aliphatic hydroxyl groups excluding tert-OH is 2. The van der Waals surface area contributed by atoms with E-state index in [9.17, 15) is 10.2 Å². The zero-order valence-electron chi connectivity index (χ0n) is 22.6. The van der Waals surface area contributed by atoms with Crippen molar-refractivity contribution < 1.29 is 28.4 Å². The Hall–Kier alpha value is -0.850. The van der Waals surface area contributed by atoms with Crippen molar-refractivity contribution in [2.45, 2.75) is 101 Å². The van der Waals surface area contributed by atoms with Crippen LogP contribution in [0.2, 0.25) is 10.0 Å². The van der Waals surface area contributed by atoms with Gasteiger partial charge in [0.2, 0.25) is 0 Å². The van der Waals surface area contributed by atoms with E-state index >= 15 is 0 Å². The summed E-state index contributed by atoms with van der Waals surface area (Å²) < 4.78 is 0. The van der Waals surface area contributed by atoms with Gasteiger partial charge in [-0.05, 0) is 72.9 Å². The summed E-state index contributed by atoms with van der Waals surface area (Å²) in [6.07, 6.45) is 5.95. The lowest BCUT2D eigenvalue weighted by molar-refractivity contribution is -0.463. The quantitative estimate of drug-likeness (QED) is 0.392. The summed E-state index contributed by atoms with van der Waals surface area (Å²) in [5.41, 5.74) is 13.1. The third-order valence-electron chi connectivity index (χ3n) is 8.82. The predicted molar refractivity (Wildman–Crippen MR) is 150 cm³/mol. The Labute approximate surface area is 239 Å². The first-order valence-corrected chi connectivity index (χ1v) is 14.2. The summed E-state index contributed by atoms with van der Waals surface area (Å²) in [5, 5.41) is 22.1. The van der Waals surface area contributed by atoms with Crippen molar-refractivity contribution in [3.05, 3.63) is 69.7 Å². The van der Waals surface area contributed by atoms with E-state index in [1.165, 1.54) is 24.0 Å². The molecule has 37 heavy (non-hydrogen) atoms. The van der Waals surface area contributed by atoms with E-state index in [0.717, 1.165) is 35.7 Å². The molecule has 7 N–H and O–H groups in total. The minimum Gasteiger partial charge on any atom is -1.00 e. The number of halogens is 3. The van der Waals surface area contributed by atoms with Crippen LogP contribution in [0, 0.1) is 11.8 Å². The van der Waals surface area contributed by atoms with Crippen LogP contribution in [0.4, 0.5) is 0 Å². The number of hydrogen-bond acceptors (Lipinski definition) is 3. The average molecular weight is 572 g/mol. The molecule has 4 nitrogen and oxygen atoms in total. The maximum absolute atomic E-state index is 10.3. The smallest absolute Gasteiger partial charge is 0.121 e. The van der Waals surface area contributed by atoms with Gasteiger partial charge in [0.15, 0.2) is 0 Å². The van der Waals surface area contributed by atoms with E-state index in [-0.39, 0.29) is 53.3 Å². The molecule has 0 aromatic heterocycles. The first kappa shape index (κ1) is 32.4. The van der Waals surface area contributed by atoms with Gasteiger partial charge < -0.3 is 34.1 Å². The Bertz CT molecular complexity index is 878. The van der Waals surface area contributed by atoms with Gasteiger partial charge in [0.25, 0.3) is 0 Å². The fraction of sp³-hybridized carbons (Fsp3) is 0.600. The molecule has 0 saturated heterocycles. The Balaban J connectivity index is 0.000000253. The second-order valence-electron chi connectivity index (χ2n) is 11.6. The van der Waals surface area contributed by atoms with Gasteiger partial charge in [0, 0.05) is 26.9 Å². The predicted octanol–water partition coefficient (Wildman–Crippen LogP) is 2.50. The van der Waals surface area contributed by atoms with Gasteiger partial charge in [-0.2, -0.15) is 0 Å².